The van der Waals surface area contributed by atoms with E-state index in [1.165, 1.54) is 38.5 Å². The van der Waals surface area contributed by atoms with Gasteiger partial charge in [0.25, 0.3) is 0 Å². The minimum atomic E-state index is 0. The fourth-order valence-electron chi connectivity index (χ4n) is 3.62. The van der Waals surface area contributed by atoms with Gasteiger partial charge in [-0.25, -0.2) is 0 Å². The molecule has 20 heavy (non-hydrogen) atoms. The topological polar surface area (TPSA) is 41.1 Å². The highest BCUT2D eigenvalue weighted by atomic mass is 35.5. The Morgan fingerprint density at radius 3 is 2.65 bits per heavy atom. The number of hydrogen-bond donors (Lipinski definition) is 2. The average Bonchev–Trinajstić information content (AvgIpc) is 2.42. The third-order valence-electron chi connectivity index (χ3n) is 5.10. The van der Waals surface area contributed by atoms with Crippen LogP contribution in [0.2, 0.25) is 0 Å². The van der Waals surface area contributed by atoms with Crippen LogP contribution >= 0.6 is 12.4 Å². The van der Waals surface area contributed by atoms with Crippen LogP contribution in [-0.4, -0.2) is 25.0 Å². The molecule has 0 radical (unpaired) electrons. The number of hydrogen-bond acceptors (Lipinski definition) is 2. The van der Waals surface area contributed by atoms with Crippen LogP contribution < -0.4 is 10.6 Å². The maximum absolute atomic E-state index is 12.2. The van der Waals surface area contributed by atoms with Gasteiger partial charge in [-0.2, -0.15) is 0 Å². The molecule has 4 heteroatoms. The highest BCUT2D eigenvalue weighted by molar-refractivity contribution is 5.85. The quantitative estimate of drug-likeness (QED) is 0.838. The lowest BCUT2D eigenvalue weighted by Gasteiger charge is -2.31. The molecule has 1 saturated heterocycles. The van der Waals surface area contributed by atoms with Gasteiger partial charge in [0.05, 0.1) is 0 Å². The first-order valence-electron chi connectivity index (χ1n) is 8.17. The molecule has 0 spiro atoms. The minimum absolute atomic E-state index is 0. The van der Waals surface area contributed by atoms with Crippen molar-refractivity contribution in [2.24, 2.45) is 17.8 Å². The average molecular weight is 303 g/mol. The molecule has 0 aromatic carbocycles. The lowest BCUT2D eigenvalue weighted by Crippen LogP contribution is -2.42. The van der Waals surface area contributed by atoms with Gasteiger partial charge in [0.1, 0.15) is 0 Å². The van der Waals surface area contributed by atoms with Crippen molar-refractivity contribution in [3.63, 3.8) is 0 Å². The van der Waals surface area contributed by atoms with Gasteiger partial charge in [0.2, 0.25) is 5.91 Å². The Labute approximate surface area is 130 Å². The molecule has 1 amide bonds. The number of amides is 1. The Kier molecular flexibility index (Phi) is 7.90. The predicted molar refractivity (Wildman–Crippen MR) is 86.2 cm³/mol. The molecule has 2 aliphatic rings. The molecule has 0 bridgehead atoms. The molecule has 0 aromatic rings. The summed E-state index contributed by atoms with van der Waals surface area (Å²) < 4.78 is 0. The maximum atomic E-state index is 12.2. The highest BCUT2D eigenvalue weighted by Crippen LogP contribution is 2.25. The second-order valence-corrected chi connectivity index (χ2v) is 6.72. The van der Waals surface area contributed by atoms with Crippen LogP contribution in [0.1, 0.15) is 58.8 Å². The Hall–Kier alpha value is -0.280. The van der Waals surface area contributed by atoms with E-state index in [4.69, 9.17) is 0 Å². The molecule has 4 unspecified atom stereocenters. The second-order valence-electron chi connectivity index (χ2n) is 6.72. The van der Waals surface area contributed by atoms with Gasteiger partial charge >= 0.3 is 0 Å². The van der Waals surface area contributed by atoms with Crippen molar-refractivity contribution in [1.82, 2.24) is 10.6 Å². The number of nitrogens with one attached hydrogen (secondary N) is 2. The van der Waals surface area contributed by atoms with E-state index in [0.29, 0.717) is 30.2 Å². The first-order valence-corrected chi connectivity index (χ1v) is 8.17. The summed E-state index contributed by atoms with van der Waals surface area (Å²) in [6, 6.07) is 0.429. The lowest BCUT2D eigenvalue weighted by atomic mass is 9.84. The van der Waals surface area contributed by atoms with Crippen molar-refractivity contribution in [3.05, 3.63) is 0 Å². The molecule has 0 aromatic heterocycles. The Bertz CT molecular complexity index is 292. The van der Waals surface area contributed by atoms with E-state index < -0.39 is 0 Å². The molecule has 2 N–H and O–H groups in total. The zero-order valence-corrected chi connectivity index (χ0v) is 13.8. The van der Waals surface area contributed by atoms with Crippen LogP contribution in [0.4, 0.5) is 0 Å². The van der Waals surface area contributed by atoms with E-state index in [1.807, 2.05) is 0 Å². The summed E-state index contributed by atoms with van der Waals surface area (Å²) in [6.45, 7) is 6.75. The molecule has 2 fully saturated rings. The Morgan fingerprint density at radius 2 is 2.00 bits per heavy atom. The first-order chi connectivity index (χ1) is 9.16. The van der Waals surface area contributed by atoms with Crippen molar-refractivity contribution in [2.45, 2.75) is 64.8 Å². The van der Waals surface area contributed by atoms with E-state index in [2.05, 4.69) is 24.5 Å². The third kappa shape index (κ3) is 5.25. The summed E-state index contributed by atoms with van der Waals surface area (Å²) in [5.41, 5.74) is 0. The second kappa shape index (κ2) is 8.89. The van der Waals surface area contributed by atoms with Gasteiger partial charge in [0.15, 0.2) is 0 Å². The van der Waals surface area contributed by atoms with Crippen LogP contribution in [-0.2, 0) is 4.79 Å². The SMILES string of the molecule is CC(CC(=O)NC1CCCCC1C)C1CCCNC1.Cl. The van der Waals surface area contributed by atoms with Gasteiger partial charge < -0.3 is 10.6 Å². The van der Waals surface area contributed by atoms with Gasteiger partial charge in [-0.05, 0) is 56.5 Å². The summed E-state index contributed by atoms with van der Waals surface area (Å²) in [5.74, 6) is 2.12. The standard InChI is InChI=1S/C16H30N2O.ClH/c1-12-6-3-4-8-15(12)18-16(19)10-13(2)14-7-5-9-17-11-14;/h12-15,17H,3-11H2,1-2H3,(H,18,19);1H. The van der Waals surface area contributed by atoms with E-state index >= 15 is 0 Å². The number of carbonyl (C=O) groups excluding carboxylic acids is 1. The summed E-state index contributed by atoms with van der Waals surface area (Å²) in [5, 5.41) is 6.72. The maximum Gasteiger partial charge on any atom is 0.220 e. The third-order valence-corrected chi connectivity index (χ3v) is 5.10. The van der Waals surface area contributed by atoms with E-state index in [-0.39, 0.29) is 18.3 Å². The van der Waals surface area contributed by atoms with Crippen molar-refractivity contribution in [1.29, 1.82) is 0 Å². The number of carbonyl (C=O) groups is 1. The molecule has 3 nitrogen and oxygen atoms in total. The minimum Gasteiger partial charge on any atom is -0.353 e. The molecule has 1 aliphatic carbocycles. The summed E-state index contributed by atoms with van der Waals surface area (Å²) in [4.78, 5) is 12.2. The summed E-state index contributed by atoms with van der Waals surface area (Å²) >= 11 is 0. The van der Waals surface area contributed by atoms with Crippen LogP contribution in [0.15, 0.2) is 0 Å². The lowest BCUT2D eigenvalue weighted by molar-refractivity contribution is -0.123. The van der Waals surface area contributed by atoms with Crippen molar-refractivity contribution in [3.8, 4) is 0 Å². The van der Waals surface area contributed by atoms with Crippen LogP contribution in [0, 0.1) is 17.8 Å². The fraction of sp³-hybridized carbons (Fsp3) is 0.938. The molecule has 118 valence electrons. The molecule has 1 saturated carbocycles. The molecule has 1 aliphatic heterocycles. The largest absolute Gasteiger partial charge is 0.353 e. The normalized spacial score (nSPS) is 32.0. The monoisotopic (exact) mass is 302 g/mol. The van der Waals surface area contributed by atoms with Crippen molar-refractivity contribution in [2.75, 3.05) is 13.1 Å². The molecule has 1 heterocycles. The number of piperidine rings is 1. The van der Waals surface area contributed by atoms with E-state index in [9.17, 15) is 4.79 Å². The Morgan fingerprint density at radius 1 is 1.25 bits per heavy atom. The van der Waals surface area contributed by atoms with Crippen molar-refractivity contribution < 1.29 is 4.79 Å². The fourth-order valence-corrected chi connectivity index (χ4v) is 3.62. The molecule has 2 rings (SSSR count). The van der Waals surface area contributed by atoms with Crippen molar-refractivity contribution >= 4 is 18.3 Å². The number of halogens is 1. The van der Waals surface area contributed by atoms with Gasteiger partial charge in [-0.1, -0.05) is 26.7 Å². The molecular weight excluding hydrogens is 272 g/mol. The predicted octanol–water partition coefficient (Wildman–Crippen LogP) is 3.13. The smallest absolute Gasteiger partial charge is 0.220 e. The van der Waals surface area contributed by atoms with Gasteiger partial charge in [0, 0.05) is 12.5 Å². The Balaban J connectivity index is 0.00000200. The van der Waals surface area contributed by atoms with E-state index in [1.54, 1.807) is 0 Å². The highest BCUT2D eigenvalue weighted by Gasteiger charge is 2.25. The van der Waals surface area contributed by atoms with Crippen LogP contribution in [0.3, 0.4) is 0 Å². The molecule has 4 atom stereocenters. The van der Waals surface area contributed by atoms with Gasteiger partial charge in [-0.15, -0.1) is 12.4 Å². The summed E-state index contributed by atoms with van der Waals surface area (Å²) in [7, 11) is 0. The number of rotatable bonds is 4. The summed E-state index contributed by atoms with van der Waals surface area (Å²) in [6.07, 6.45) is 8.29. The van der Waals surface area contributed by atoms with Gasteiger partial charge in [-0.3, -0.25) is 4.79 Å². The van der Waals surface area contributed by atoms with E-state index in [0.717, 1.165) is 13.1 Å². The molecular formula is C16H31ClN2O. The zero-order valence-electron chi connectivity index (χ0n) is 13.0. The first kappa shape index (κ1) is 17.8. The van der Waals surface area contributed by atoms with Crippen LogP contribution in [0.25, 0.3) is 0 Å². The van der Waals surface area contributed by atoms with Crippen LogP contribution in [0.5, 0.6) is 0 Å². The zero-order chi connectivity index (χ0) is 13.7.